The number of benzene rings is 2. The number of rotatable bonds is 5. The van der Waals surface area contributed by atoms with Crippen LogP contribution in [-0.4, -0.2) is 42.9 Å². The molecule has 0 fully saturated rings. The second kappa shape index (κ2) is 8.27. The molecule has 3 heterocycles. The maximum atomic E-state index is 6.36. The molecule has 1 aliphatic heterocycles. The summed E-state index contributed by atoms with van der Waals surface area (Å²) < 4.78 is 18.0. The van der Waals surface area contributed by atoms with Gasteiger partial charge in [-0.3, -0.25) is 4.98 Å². The van der Waals surface area contributed by atoms with E-state index in [2.05, 4.69) is 33.5 Å². The van der Waals surface area contributed by atoms with Crippen LogP contribution in [0.25, 0.3) is 21.8 Å². The summed E-state index contributed by atoms with van der Waals surface area (Å²) in [7, 11) is 1.75. The van der Waals surface area contributed by atoms with E-state index >= 15 is 0 Å². The van der Waals surface area contributed by atoms with E-state index in [0.717, 1.165) is 59.8 Å². The lowest BCUT2D eigenvalue weighted by molar-refractivity contribution is 0.0915. The lowest BCUT2D eigenvalue weighted by Gasteiger charge is -2.29. The van der Waals surface area contributed by atoms with E-state index in [0.29, 0.717) is 12.5 Å². The number of hydrogen-bond acceptors (Lipinski definition) is 5. The first kappa shape index (κ1) is 20.4. The summed E-state index contributed by atoms with van der Waals surface area (Å²) in [5, 5.41) is 5.91. The molecule has 2 N–H and O–H groups in total. The van der Waals surface area contributed by atoms with Crippen molar-refractivity contribution in [3.63, 3.8) is 0 Å². The second-order valence-electron chi connectivity index (χ2n) is 9.20. The predicted molar refractivity (Wildman–Crippen MR) is 130 cm³/mol. The van der Waals surface area contributed by atoms with Gasteiger partial charge in [0.25, 0.3) is 0 Å². The van der Waals surface area contributed by atoms with E-state index in [4.69, 9.17) is 14.2 Å². The van der Waals surface area contributed by atoms with Crippen molar-refractivity contribution in [2.45, 2.75) is 32.3 Å². The zero-order valence-electron chi connectivity index (χ0n) is 19.1. The molecule has 2 aromatic heterocycles. The monoisotopic (exact) mass is 443 g/mol. The van der Waals surface area contributed by atoms with Crippen molar-refractivity contribution in [3.8, 4) is 17.2 Å². The first-order valence-corrected chi connectivity index (χ1v) is 11.8. The number of nitrogens with zero attached hydrogens (tertiary/aromatic N) is 1. The number of ether oxygens (including phenoxy) is 3. The minimum Gasteiger partial charge on any atom is -0.496 e. The molecule has 170 valence electrons. The third-order valence-corrected chi connectivity index (χ3v) is 6.93. The molecule has 2 atom stereocenters. The molecule has 6 nitrogen and oxygen atoms in total. The molecule has 6 heteroatoms. The SMILES string of the molecule is COc1cccc2[nH]c3c(c12)C[C@H](CNC[C@H]1COc2ccc4nc(C)ccc4c2O1)CC3. The average Bonchev–Trinajstić information content (AvgIpc) is 3.22. The first-order chi connectivity index (χ1) is 16.2. The third kappa shape index (κ3) is 3.68. The van der Waals surface area contributed by atoms with Gasteiger partial charge in [0.2, 0.25) is 0 Å². The number of aryl methyl sites for hydroxylation is 2. The molecule has 2 aliphatic rings. The lowest BCUT2D eigenvalue weighted by atomic mass is 9.86. The Balaban J connectivity index is 1.11. The number of methoxy groups -OCH3 is 1. The molecule has 0 bridgehead atoms. The van der Waals surface area contributed by atoms with Gasteiger partial charge in [0.05, 0.1) is 12.6 Å². The Kier molecular flexibility index (Phi) is 5.10. The summed E-state index contributed by atoms with van der Waals surface area (Å²) in [6.45, 7) is 4.28. The fourth-order valence-corrected chi connectivity index (χ4v) is 5.28. The van der Waals surface area contributed by atoms with Crippen molar-refractivity contribution in [3.05, 3.63) is 59.4 Å². The van der Waals surface area contributed by atoms with Crippen LogP contribution >= 0.6 is 0 Å². The summed E-state index contributed by atoms with van der Waals surface area (Å²) in [5.41, 5.74) is 5.90. The molecular formula is C27H29N3O3. The van der Waals surface area contributed by atoms with Crippen molar-refractivity contribution in [1.29, 1.82) is 0 Å². The highest BCUT2D eigenvalue weighted by Gasteiger charge is 2.26. The minimum absolute atomic E-state index is 0.0169. The maximum Gasteiger partial charge on any atom is 0.171 e. The fraction of sp³-hybridized carbons (Fsp3) is 0.370. The molecule has 1 aliphatic carbocycles. The quantitative estimate of drug-likeness (QED) is 0.473. The van der Waals surface area contributed by atoms with Crippen LogP contribution in [0.4, 0.5) is 0 Å². The smallest absolute Gasteiger partial charge is 0.171 e. The van der Waals surface area contributed by atoms with Crippen molar-refractivity contribution < 1.29 is 14.2 Å². The highest BCUT2D eigenvalue weighted by molar-refractivity contribution is 5.91. The zero-order valence-corrected chi connectivity index (χ0v) is 19.1. The number of pyridine rings is 1. The van der Waals surface area contributed by atoms with Crippen LogP contribution in [0.15, 0.2) is 42.5 Å². The zero-order chi connectivity index (χ0) is 22.4. The number of H-pyrrole nitrogens is 1. The molecule has 0 saturated heterocycles. The van der Waals surface area contributed by atoms with E-state index in [-0.39, 0.29) is 6.10 Å². The molecule has 0 amide bonds. The number of nitrogens with one attached hydrogen (secondary N) is 2. The Hall–Kier alpha value is -3.25. The van der Waals surface area contributed by atoms with Gasteiger partial charge in [-0.1, -0.05) is 6.07 Å². The van der Waals surface area contributed by atoms with Gasteiger partial charge in [-0.2, -0.15) is 0 Å². The molecule has 0 spiro atoms. The molecule has 0 saturated carbocycles. The maximum absolute atomic E-state index is 6.36. The van der Waals surface area contributed by atoms with Crippen molar-refractivity contribution in [2.75, 3.05) is 26.8 Å². The lowest BCUT2D eigenvalue weighted by Crippen LogP contribution is -2.40. The van der Waals surface area contributed by atoms with Crippen LogP contribution < -0.4 is 19.5 Å². The van der Waals surface area contributed by atoms with Gasteiger partial charge < -0.3 is 24.5 Å². The van der Waals surface area contributed by atoms with Gasteiger partial charge in [0.1, 0.15) is 18.5 Å². The molecule has 0 unspecified atom stereocenters. The molecule has 4 aromatic rings. The summed E-state index contributed by atoms with van der Waals surface area (Å²) in [5.74, 6) is 3.16. The van der Waals surface area contributed by atoms with E-state index in [1.807, 2.05) is 31.2 Å². The number of aromatic nitrogens is 2. The topological polar surface area (TPSA) is 68.4 Å². The standard InChI is InChI=1S/C27H29N3O3/c1-16-6-8-19-21(29-16)10-11-25-27(19)33-18(15-32-25)14-28-13-17-7-9-22-20(12-17)26-23(30-22)4-3-5-24(26)31-2/h3-6,8,10-11,17-18,28,30H,7,9,12-15H2,1-2H3/t17-,18+/m1/s1. The van der Waals surface area contributed by atoms with Crippen LogP contribution in [0.5, 0.6) is 17.2 Å². The Bertz CT molecular complexity index is 1330. The normalized spacial score (nSPS) is 19.6. The Morgan fingerprint density at radius 3 is 3.00 bits per heavy atom. The van der Waals surface area contributed by atoms with E-state index in [9.17, 15) is 0 Å². The second-order valence-corrected chi connectivity index (χ2v) is 9.20. The van der Waals surface area contributed by atoms with Crippen LogP contribution in [-0.2, 0) is 12.8 Å². The fourth-order valence-electron chi connectivity index (χ4n) is 5.28. The largest absolute Gasteiger partial charge is 0.496 e. The van der Waals surface area contributed by atoms with E-state index < -0.39 is 0 Å². The molecule has 33 heavy (non-hydrogen) atoms. The molecule has 2 aromatic carbocycles. The van der Waals surface area contributed by atoms with Gasteiger partial charge in [-0.15, -0.1) is 0 Å². The van der Waals surface area contributed by atoms with Crippen molar-refractivity contribution >= 4 is 21.8 Å². The Labute approximate surface area is 193 Å². The van der Waals surface area contributed by atoms with Gasteiger partial charge in [0, 0.05) is 34.2 Å². The highest BCUT2D eigenvalue weighted by atomic mass is 16.6. The van der Waals surface area contributed by atoms with Crippen molar-refractivity contribution in [1.82, 2.24) is 15.3 Å². The van der Waals surface area contributed by atoms with Gasteiger partial charge in [-0.25, -0.2) is 0 Å². The van der Waals surface area contributed by atoms with Gasteiger partial charge in [0.15, 0.2) is 11.5 Å². The van der Waals surface area contributed by atoms with Gasteiger partial charge in [-0.05, 0) is 80.6 Å². The Morgan fingerprint density at radius 2 is 2.09 bits per heavy atom. The third-order valence-electron chi connectivity index (χ3n) is 6.93. The predicted octanol–water partition coefficient (Wildman–Crippen LogP) is 4.57. The van der Waals surface area contributed by atoms with E-state index in [1.165, 1.54) is 28.6 Å². The Morgan fingerprint density at radius 1 is 1.15 bits per heavy atom. The molecule has 0 radical (unpaired) electrons. The molecule has 6 rings (SSSR count). The van der Waals surface area contributed by atoms with Crippen LogP contribution in [0, 0.1) is 12.8 Å². The summed E-state index contributed by atoms with van der Waals surface area (Å²) in [6, 6.07) is 14.3. The van der Waals surface area contributed by atoms with Crippen LogP contribution in [0.1, 0.15) is 23.4 Å². The number of hydrogen-bond donors (Lipinski definition) is 2. The highest BCUT2D eigenvalue weighted by Crippen LogP contribution is 2.39. The number of aromatic amines is 1. The summed E-state index contributed by atoms with van der Waals surface area (Å²) >= 11 is 0. The summed E-state index contributed by atoms with van der Waals surface area (Å²) in [4.78, 5) is 8.22. The van der Waals surface area contributed by atoms with Crippen LogP contribution in [0.3, 0.4) is 0 Å². The first-order valence-electron chi connectivity index (χ1n) is 11.8. The average molecular weight is 444 g/mol. The van der Waals surface area contributed by atoms with Crippen LogP contribution in [0.2, 0.25) is 0 Å². The van der Waals surface area contributed by atoms with E-state index in [1.54, 1.807) is 7.11 Å². The minimum atomic E-state index is -0.0169. The molecular weight excluding hydrogens is 414 g/mol. The number of fused-ring (bicyclic) bond motifs is 6. The van der Waals surface area contributed by atoms with Gasteiger partial charge >= 0.3 is 0 Å². The van der Waals surface area contributed by atoms with Crippen molar-refractivity contribution in [2.24, 2.45) is 5.92 Å². The summed E-state index contributed by atoms with van der Waals surface area (Å²) in [6.07, 6.45) is 3.30.